The summed E-state index contributed by atoms with van der Waals surface area (Å²) in [6, 6.07) is 6.48. The Morgan fingerprint density at radius 3 is 1.77 bits per heavy atom. The van der Waals surface area contributed by atoms with Crippen molar-refractivity contribution in [2.45, 2.75) is 42.5 Å². The molecule has 0 fully saturated rings. The van der Waals surface area contributed by atoms with E-state index in [9.17, 15) is 57.5 Å². The standard InChI is InChI=1S/C19H12F12N2O2/c20-15(21,17(25,26)18(27,28)19(29,30)31)6-11(9-35-13(34)10-4-2-1-3-5-10)12-7-32-14(33-8-12)16(22,23)24/h1-5,7-8,11H,6,9H2/t11-/m1/s1. The molecule has 1 aromatic carbocycles. The Labute approximate surface area is 187 Å². The Kier molecular flexibility index (Phi) is 7.67. The number of esters is 1. The number of hydrogen-bond donors (Lipinski definition) is 0. The number of halogens is 12. The van der Waals surface area contributed by atoms with Crippen LogP contribution in [0.1, 0.15) is 34.1 Å². The van der Waals surface area contributed by atoms with Gasteiger partial charge in [-0.15, -0.1) is 0 Å². The number of alkyl halides is 12. The van der Waals surface area contributed by atoms with E-state index < -0.39 is 66.4 Å². The van der Waals surface area contributed by atoms with Crippen LogP contribution in [-0.4, -0.2) is 46.5 Å². The second-order valence-corrected chi connectivity index (χ2v) is 7.05. The molecule has 0 aliphatic carbocycles. The second kappa shape index (κ2) is 9.53. The highest BCUT2D eigenvalue weighted by atomic mass is 19.4. The van der Waals surface area contributed by atoms with E-state index in [1.54, 1.807) is 0 Å². The summed E-state index contributed by atoms with van der Waals surface area (Å²) in [6.07, 6.45) is -14.2. The van der Waals surface area contributed by atoms with Crippen LogP contribution in [0.25, 0.3) is 0 Å². The van der Waals surface area contributed by atoms with Gasteiger partial charge in [0.1, 0.15) is 0 Å². The van der Waals surface area contributed by atoms with Gasteiger partial charge in [-0.25, -0.2) is 14.8 Å². The SMILES string of the molecule is O=C(OC[C@@H](CC(F)(F)C(F)(F)C(F)(F)C(F)(F)F)c1cnc(C(F)(F)F)nc1)c1ccccc1. The van der Waals surface area contributed by atoms with Crippen molar-refractivity contribution in [3.05, 3.63) is 59.7 Å². The first-order chi connectivity index (χ1) is 15.8. The van der Waals surface area contributed by atoms with E-state index >= 15 is 0 Å². The molecular formula is C19H12F12N2O2. The number of ether oxygens (including phenoxy) is 1. The minimum Gasteiger partial charge on any atom is -0.461 e. The highest BCUT2D eigenvalue weighted by Gasteiger charge is 2.81. The first kappa shape index (κ1) is 28.2. The molecule has 1 heterocycles. The highest BCUT2D eigenvalue weighted by molar-refractivity contribution is 5.89. The van der Waals surface area contributed by atoms with Crippen LogP contribution in [0.2, 0.25) is 0 Å². The minimum absolute atomic E-state index is 0.185. The van der Waals surface area contributed by atoms with Crippen molar-refractivity contribution < 1.29 is 62.2 Å². The lowest BCUT2D eigenvalue weighted by molar-refractivity contribution is -0.397. The largest absolute Gasteiger partial charge is 0.461 e. The van der Waals surface area contributed by atoms with Crippen LogP contribution < -0.4 is 0 Å². The maximum absolute atomic E-state index is 14.2. The van der Waals surface area contributed by atoms with Crippen LogP contribution in [0.3, 0.4) is 0 Å². The topological polar surface area (TPSA) is 52.1 Å². The van der Waals surface area contributed by atoms with Gasteiger partial charge in [0.25, 0.3) is 0 Å². The number of nitrogens with zero attached hydrogens (tertiary/aromatic N) is 2. The third-order valence-electron chi connectivity index (χ3n) is 4.53. The summed E-state index contributed by atoms with van der Waals surface area (Å²) in [6.45, 7) is -1.33. The van der Waals surface area contributed by atoms with Crippen molar-refractivity contribution in [3.8, 4) is 0 Å². The van der Waals surface area contributed by atoms with Crippen LogP contribution in [0.4, 0.5) is 52.7 Å². The Morgan fingerprint density at radius 1 is 0.800 bits per heavy atom. The number of aromatic nitrogens is 2. The zero-order valence-corrected chi connectivity index (χ0v) is 16.8. The fourth-order valence-electron chi connectivity index (χ4n) is 2.65. The van der Waals surface area contributed by atoms with E-state index in [-0.39, 0.29) is 18.0 Å². The van der Waals surface area contributed by atoms with E-state index in [4.69, 9.17) is 0 Å². The van der Waals surface area contributed by atoms with Crippen LogP contribution >= 0.6 is 0 Å². The molecule has 0 radical (unpaired) electrons. The molecular weight excluding hydrogens is 516 g/mol. The van der Waals surface area contributed by atoms with Gasteiger partial charge in [-0.1, -0.05) is 18.2 Å². The monoisotopic (exact) mass is 528 g/mol. The van der Waals surface area contributed by atoms with Gasteiger partial charge < -0.3 is 4.74 Å². The molecule has 0 bridgehead atoms. The average molecular weight is 528 g/mol. The molecule has 1 aromatic heterocycles. The molecule has 2 aromatic rings. The molecule has 35 heavy (non-hydrogen) atoms. The fraction of sp³-hybridized carbons (Fsp3) is 0.421. The second-order valence-electron chi connectivity index (χ2n) is 7.05. The van der Waals surface area contributed by atoms with Crippen LogP contribution in [0.15, 0.2) is 42.7 Å². The highest BCUT2D eigenvalue weighted by Crippen LogP contribution is 2.55. The maximum Gasteiger partial charge on any atom is 0.460 e. The van der Waals surface area contributed by atoms with Gasteiger partial charge in [0.05, 0.1) is 12.2 Å². The number of benzene rings is 1. The summed E-state index contributed by atoms with van der Waals surface area (Å²) in [5, 5.41) is 0. The minimum atomic E-state index is -7.18. The van der Waals surface area contributed by atoms with Gasteiger partial charge in [-0.05, 0) is 17.7 Å². The van der Waals surface area contributed by atoms with Crippen molar-refractivity contribution in [3.63, 3.8) is 0 Å². The van der Waals surface area contributed by atoms with E-state index in [0.29, 0.717) is 0 Å². The molecule has 0 spiro atoms. The normalized spacial score (nSPS) is 14.5. The lowest BCUT2D eigenvalue weighted by Crippen LogP contribution is -2.61. The van der Waals surface area contributed by atoms with Crippen LogP contribution in [0.5, 0.6) is 0 Å². The van der Waals surface area contributed by atoms with Gasteiger partial charge in [0, 0.05) is 24.7 Å². The summed E-state index contributed by atoms with van der Waals surface area (Å²) < 4.78 is 162. The zero-order chi connectivity index (χ0) is 26.9. The first-order valence-electron chi connectivity index (χ1n) is 9.13. The quantitative estimate of drug-likeness (QED) is 0.299. The van der Waals surface area contributed by atoms with Crippen LogP contribution in [0, 0.1) is 0 Å². The van der Waals surface area contributed by atoms with Crippen molar-refractivity contribution >= 4 is 5.97 Å². The first-order valence-corrected chi connectivity index (χ1v) is 9.13. The summed E-state index contributed by atoms with van der Waals surface area (Å²) in [5.41, 5.74) is -1.01. The molecule has 0 saturated heterocycles. The molecule has 1 atom stereocenters. The molecule has 0 aliphatic heterocycles. The van der Waals surface area contributed by atoms with Crippen LogP contribution in [-0.2, 0) is 10.9 Å². The van der Waals surface area contributed by atoms with Gasteiger partial charge in [-0.2, -0.15) is 52.7 Å². The van der Waals surface area contributed by atoms with Gasteiger partial charge >= 0.3 is 36.1 Å². The summed E-state index contributed by atoms with van der Waals surface area (Å²) in [7, 11) is 0. The lowest BCUT2D eigenvalue weighted by atomic mass is 9.90. The van der Waals surface area contributed by atoms with Gasteiger partial charge in [0.2, 0.25) is 5.82 Å². The smallest absolute Gasteiger partial charge is 0.460 e. The van der Waals surface area contributed by atoms with E-state index in [0.717, 1.165) is 0 Å². The molecule has 0 saturated carbocycles. The Balaban J connectivity index is 2.40. The Hall–Kier alpha value is -3.07. The number of hydrogen-bond acceptors (Lipinski definition) is 4. The predicted molar refractivity (Wildman–Crippen MR) is 92.0 cm³/mol. The van der Waals surface area contributed by atoms with Gasteiger partial charge in [-0.3, -0.25) is 0 Å². The predicted octanol–water partition coefficient (Wildman–Crippen LogP) is 6.29. The molecule has 0 aliphatic rings. The molecule has 16 heteroatoms. The fourth-order valence-corrected chi connectivity index (χ4v) is 2.65. The van der Waals surface area contributed by atoms with Crippen molar-refractivity contribution in [2.24, 2.45) is 0 Å². The van der Waals surface area contributed by atoms with Crippen molar-refractivity contribution in [1.29, 1.82) is 0 Å². The van der Waals surface area contributed by atoms with E-state index in [1.165, 1.54) is 30.3 Å². The number of carbonyl (C=O) groups is 1. The van der Waals surface area contributed by atoms with Gasteiger partial charge in [0.15, 0.2) is 0 Å². The average Bonchev–Trinajstić information content (AvgIpc) is 2.75. The Morgan fingerprint density at radius 2 is 1.31 bits per heavy atom. The number of rotatable bonds is 8. The van der Waals surface area contributed by atoms with E-state index in [1.807, 2.05) is 0 Å². The lowest BCUT2D eigenvalue weighted by Gasteiger charge is -2.35. The summed E-state index contributed by atoms with van der Waals surface area (Å²) >= 11 is 0. The summed E-state index contributed by atoms with van der Waals surface area (Å²) in [4.78, 5) is 17.6. The number of carbonyl (C=O) groups excluding carboxylic acids is 1. The molecule has 4 nitrogen and oxygen atoms in total. The third kappa shape index (κ3) is 5.96. The molecule has 2 rings (SSSR count). The van der Waals surface area contributed by atoms with Crippen molar-refractivity contribution in [1.82, 2.24) is 9.97 Å². The maximum atomic E-state index is 14.2. The molecule has 194 valence electrons. The third-order valence-corrected chi connectivity index (χ3v) is 4.53. The molecule has 0 unspecified atom stereocenters. The summed E-state index contributed by atoms with van der Waals surface area (Å²) in [5.74, 6) is -25.6. The Bertz CT molecular complexity index is 1010. The molecule has 0 amide bonds. The molecule has 0 N–H and O–H groups in total. The zero-order valence-electron chi connectivity index (χ0n) is 16.8. The van der Waals surface area contributed by atoms with Crippen molar-refractivity contribution in [2.75, 3.05) is 6.61 Å². The van der Waals surface area contributed by atoms with E-state index in [2.05, 4.69) is 14.7 Å².